The monoisotopic (exact) mass is 508 g/mol. The van der Waals surface area contributed by atoms with Crippen LogP contribution < -0.4 is 15.4 Å². The summed E-state index contributed by atoms with van der Waals surface area (Å²) in [5, 5.41) is 10.1. The lowest BCUT2D eigenvalue weighted by Gasteiger charge is -2.13. The molecule has 1 amide bonds. The number of ketones is 1. The number of anilines is 3. The molecule has 0 saturated carbocycles. The number of halogens is 1. The molecule has 4 rings (SSSR count). The van der Waals surface area contributed by atoms with Gasteiger partial charge in [-0.1, -0.05) is 12.1 Å². The quantitative estimate of drug-likeness (QED) is 0.232. The van der Waals surface area contributed by atoms with Crippen LogP contribution in [0, 0.1) is 19.7 Å². The third kappa shape index (κ3) is 5.41. The number of carbonyl (C=O) groups excluding carboxylic acids is 2. The maximum Gasteiger partial charge on any atom is 0.227 e. The van der Waals surface area contributed by atoms with Crippen molar-refractivity contribution in [3.05, 3.63) is 77.5 Å². The van der Waals surface area contributed by atoms with Crippen molar-refractivity contribution in [1.82, 2.24) is 19.9 Å². The molecule has 2 aromatic heterocycles. The molecular formula is C25H25FN6O3S. The molecule has 0 bridgehead atoms. The Labute approximate surface area is 209 Å². The average Bonchev–Trinajstić information content (AvgIpc) is 3.19. The molecule has 0 aliphatic heterocycles. The van der Waals surface area contributed by atoms with Gasteiger partial charge in [0.2, 0.25) is 5.91 Å². The average molecular weight is 509 g/mol. The molecule has 2 aromatic carbocycles. The topological polar surface area (TPSA) is 117 Å². The standard InChI is InChI=1S/C25H25FN6O3S/c1-4-27-23(34)12-22(33)20-13-32-24(16(20)3)25(28-14-29-32)30-21-11-18(9-8-15(21)2)31-36(35)19-7-5-6-17(26)10-19/h5-11,13-14,31H,4,12H2,1-3H3,(H,27,34)(H,28,29,30). The molecule has 0 aliphatic rings. The Kier molecular flexibility index (Phi) is 7.39. The lowest BCUT2D eigenvalue weighted by atomic mass is 10.1. The summed E-state index contributed by atoms with van der Waals surface area (Å²) in [7, 11) is -1.66. The van der Waals surface area contributed by atoms with E-state index in [0.29, 0.717) is 45.3 Å². The molecule has 11 heteroatoms. The van der Waals surface area contributed by atoms with Crippen LogP contribution in [-0.2, 0) is 15.8 Å². The minimum absolute atomic E-state index is 0.253. The number of fused-ring (bicyclic) bond motifs is 1. The number of aromatic nitrogens is 3. The molecule has 0 fully saturated rings. The van der Waals surface area contributed by atoms with Crippen LogP contribution in [0.25, 0.3) is 5.52 Å². The Hall–Kier alpha value is -4.12. The van der Waals surface area contributed by atoms with Crippen LogP contribution in [0.1, 0.15) is 34.8 Å². The van der Waals surface area contributed by atoms with Crippen molar-refractivity contribution in [2.24, 2.45) is 0 Å². The van der Waals surface area contributed by atoms with E-state index in [0.717, 1.165) is 5.56 Å². The molecule has 0 aliphatic carbocycles. The molecule has 186 valence electrons. The van der Waals surface area contributed by atoms with E-state index in [9.17, 15) is 18.2 Å². The molecule has 3 N–H and O–H groups in total. The van der Waals surface area contributed by atoms with Gasteiger partial charge in [-0.2, -0.15) is 5.10 Å². The summed E-state index contributed by atoms with van der Waals surface area (Å²) in [5.74, 6) is -0.645. The fourth-order valence-corrected chi connectivity index (χ4v) is 4.61. The number of hydrogen-bond acceptors (Lipinski definition) is 6. The fraction of sp³-hybridized carbons (Fsp3) is 0.200. The molecule has 0 spiro atoms. The molecule has 1 atom stereocenters. The van der Waals surface area contributed by atoms with E-state index in [1.165, 1.54) is 24.5 Å². The predicted octanol–water partition coefficient (Wildman–Crippen LogP) is 4.07. The highest BCUT2D eigenvalue weighted by Crippen LogP contribution is 2.29. The fourth-order valence-electron chi connectivity index (χ4n) is 3.73. The summed E-state index contributed by atoms with van der Waals surface area (Å²) in [6.07, 6.45) is 2.70. The van der Waals surface area contributed by atoms with Crippen molar-refractivity contribution in [1.29, 1.82) is 0 Å². The first-order valence-electron chi connectivity index (χ1n) is 11.2. The highest BCUT2D eigenvalue weighted by molar-refractivity contribution is 7.86. The molecule has 0 saturated heterocycles. The van der Waals surface area contributed by atoms with Crippen LogP contribution in [0.5, 0.6) is 0 Å². The summed E-state index contributed by atoms with van der Waals surface area (Å²) in [6, 6.07) is 11.0. The molecule has 0 radical (unpaired) electrons. The number of hydrogen-bond donors (Lipinski definition) is 3. The molecule has 4 aromatic rings. The number of rotatable bonds is 9. The van der Waals surface area contributed by atoms with Crippen LogP contribution in [-0.4, -0.2) is 37.0 Å². The van der Waals surface area contributed by atoms with Crippen LogP contribution in [0.15, 0.2) is 59.9 Å². The lowest BCUT2D eigenvalue weighted by molar-refractivity contribution is -0.120. The van der Waals surface area contributed by atoms with E-state index in [4.69, 9.17) is 0 Å². The number of aryl methyl sites for hydroxylation is 2. The zero-order valence-electron chi connectivity index (χ0n) is 20.0. The van der Waals surface area contributed by atoms with Gasteiger partial charge in [-0.05, 0) is 62.2 Å². The Morgan fingerprint density at radius 1 is 1.14 bits per heavy atom. The van der Waals surface area contributed by atoms with E-state index < -0.39 is 16.8 Å². The number of benzene rings is 2. The minimum Gasteiger partial charge on any atom is -0.356 e. The summed E-state index contributed by atoms with van der Waals surface area (Å²) in [4.78, 5) is 29.3. The van der Waals surface area contributed by atoms with E-state index in [1.54, 1.807) is 42.8 Å². The van der Waals surface area contributed by atoms with Gasteiger partial charge in [-0.15, -0.1) is 0 Å². The van der Waals surface area contributed by atoms with Gasteiger partial charge in [0.25, 0.3) is 0 Å². The maximum absolute atomic E-state index is 13.5. The SMILES string of the molecule is CCNC(=O)CC(=O)c1cn2ncnc(Nc3cc(NS(=O)c4cccc(F)c4)ccc3C)c2c1C. The zero-order chi connectivity index (χ0) is 25.8. The third-order valence-electron chi connectivity index (χ3n) is 5.53. The van der Waals surface area contributed by atoms with Crippen molar-refractivity contribution in [2.45, 2.75) is 32.1 Å². The van der Waals surface area contributed by atoms with Gasteiger partial charge in [0.05, 0.1) is 11.3 Å². The molecular weight excluding hydrogens is 483 g/mol. The van der Waals surface area contributed by atoms with Crippen LogP contribution in [0.2, 0.25) is 0 Å². The zero-order valence-corrected chi connectivity index (χ0v) is 20.8. The Morgan fingerprint density at radius 2 is 1.94 bits per heavy atom. The molecule has 2 heterocycles. The maximum atomic E-state index is 13.5. The van der Waals surface area contributed by atoms with Gasteiger partial charge in [-0.25, -0.2) is 18.1 Å². The first-order valence-corrected chi connectivity index (χ1v) is 12.4. The highest BCUT2D eigenvalue weighted by atomic mass is 32.2. The lowest BCUT2D eigenvalue weighted by Crippen LogP contribution is -2.25. The first-order chi connectivity index (χ1) is 17.3. The number of Topliss-reactive ketones (excluding diaryl/α,β-unsaturated/α-hetero) is 1. The summed E-state index contributed by atoms with van der Waals surface area (Å²) < 4.78 is 30.6. The predicted molar refractivity (Wildman–Crippen MR) is 136 cm³/mol. The van der Waals surface area contributed by atoms with Gasteiger partial charge >= 0.3 is 0 Å². The smallest absolute Gasteiger partial charge is 0.227 e. The van der Waals surface area contributed by atoms with E-state index in [-0.39, 0.29) is 18.1 Å². The Balaban J connectivity index is 1.61. The normalized spacial score (nSPS) is 11.8. The Bertz CT molecular complexity index is 1490. The van der Waals surface area contributed by atoms with Crippen molar-refractivity contribution in [2.75, 3.05) is 16.6 Å². The molecule has 1 unspecified atom stereocenters. The van der Waals surface area contributed by atoms with Crippen LogP contribution in [0.4, 0.5) is 21.6 Å². The van der Waals surface area contributed by atoms with Crippen LogP contribution in [0.3, 0.4) is 0 Å². The largest absolute Gasteiger partial charge is 0.356 e. The third-order valence-corrected chi connectivity index (χ3v) is 6.64. The number of nitrogens with one attached hydrogen (secondary N) is 3. The van der Waals surface area contributed by atoms with Crippen molar-refractivity contribution in [3.63, 3.8) is 0 Å². The van der Waals surface area contributed by atoms with Gasteiger partial charge in [0.15, 0.2) is 11.6 Å². The second-order valence-electron chi connectivity index (χ2n) is 8.11. The van der Waals surface area contributed by atoms with E-state index in [2.05, 4.69) is 25.4 Å². The summed E-state index contributed by atoms with van der Waals surface area (Å²) >= 11 is 0. The highest BCUT2D eigenvalue weighted by Gasteiger charge is 2.20. The van der Waals surface area contributed by atoms with Crippen molar-refractivity contribution >= 4 is 45.4 Å². The summed E-state index contributed by atoms with van der Waals surface area (Å²) in [5.41, 5.74) is 3.77. The minimum atomic E-state index is -1.66. The van der Waals surface area contributed by atoms with Crippen LogP contribution >= 0.6 is 0 Å². The van der Waals surface area contributed by atoms with Gasteiger partial charge in [-0.3, -0.25) is 9.59 Å². The van der Waals surface area contributed by atoms with Crippen molar-refractivity contribution < 1.29 is 18.2 Å². The second kappa shape index (κ2) is 10.6. The van der Waals surface area contributed by atoms with E-state index >= 15 is 0 Å². The molecule has 36 heavy (non-hydrogen) atoms. The second-order valence-corrected chi connectivity index (χ2v) is 9.32. The van der Waals surface area contributed by atoms with E-state index in [1.807, 2.05) is 13.0 Å². The van der Waals surface area contributed by atoms with Crippen molar-refractivity contribution in [3.8, 4) is 0 Å². The van der Waals surface area contributed by atoms with Gasteiger partial charge < -0.3 is 15.4 Å². The summed E-state index contributed by atoms with van der Waals surface area (Å²) in [6.45, 7) is 5.92. The Morgan fingerprint density at radius 3 is 2.69 bits per heavy atom. The first kappa shape index (κ1) is 25.0. The number of carbonyl (C=O) groups is 2. The van der Waals surface area contributed by atoms with Gasteiger partial charge in [0.1, 0.15) is 28.6 Å². The number of nitrogens with zero attached hydrogens (tertiary/aromatic N) is 3. The number of amides is 1. The molecule has 9 nitrogen and oxygen atoms in total. The van der Waals surface area contributed by atoms with Gasteiger partial charge in [0, 0.05) is 29.7 Å².